The molecule has 6 nitrogen and oxygen atoms in total. The Kier molecular flexibility index (Phi) is 4.24. The Balaban J connectivity index is 1.41. The van der Waals surface area contributed by atoms with E-state index in [-0.39, 0.29) is 30.0 Å². The van der Waals surface area contributed by atoms with Crippen LogP contribution < -0.4 is 10.1 Å². The first kappa shape index (κ1) is 15.9. The van der Waals surface area contributed by atoms with Crippen LogP contribution in [0.3, 0.4) is 0 Å². The third kappa shape index (κ3) is 2.92. The molecule has 7 heteroatoms. The van der Waals surface area contributed by atoms with Crippen molar-refractivity contribution in [3.63, 3.8) is 0 Å². The van der Waals surface area contributed by atoms with Crippen LogP contribution in [0.25, 0.3) is 0 Å². The van der Waals surface area contributed by atoms with Crippen LogP contribution in [-0.4, -0.2) is 47.8 Å². The van der Waals surface area contributed by atoms with Gasteiger partial charge in [0.2, 0.25) is 5.91 Å². The van der Waals surface area contributed by atoms with Gasteiger partial charge in [-0.05, 0) is 31.7 Å². The van der Waals surface area contributed by atoms with Gasteiger partial charge in [-0.2, -0.15) is 0 Å². The van der Waals surface area contributed by atoms with Gasteiger partial charge in [0.1, 0.15) is 5.75 Å². The highest BCUT2D eigenvalue weighted by Gasteiger charge is 2.45. The van der Waals surface area contributed by atoms with Crippen molar-refractivity contribution < 1.29 is 24.3 Å². The summed E-state index contributed by atoms with van der Waals surface area (Å²) in [4.78, 5) is 12.5. The monoisotopic (exact) mass is 331 g/mol. The van der Waals surface area contributed by atoms with E-state index >= 15 is 0 Å². The highest BCUT2D eigenvalue weighted by Crippen LogP contribution is 2.39. The fourth-order valence-electron chi connectivity index (χ4n) is 4.19. The van der Waals surface area contributed by atoms with Crippen LogP contribution in [-0.2, 0) is 9.53 Å². The molecule has 5 atom stereocenters. The number of rotatable bonds is 5. The number of hydrogen-bond donors (Lipinski definition) is 3. The molecule has 3 aliphatic rings. The molecule has 0 aromatic heterocycles. The van der Waals surface area contributed by atoms with Crippen LogP contribution in [0, 0.1) is 5.92 Å². The average Bonchev–Trinajstić information content (AvgIpc) is 3.29. The molecule has 128 valence electrons. The molecule has 3 aliphatic heterocycles. The second-order valence-corrected chi connectivity index (χ2v) is 7.03. The van der Waals surface area contributed by atoms with Crippen molar-refractivity contribution >= 4 is 13.0 Å². The zero-order valence-corrected chi connectivity index (χ0v) is 13.4. The third-order valence-corrected chi connectivity index (χ3v) is 5.47. The number of benzene rings is 1. The fourth-order valence-corrected chi connectivity index (χ4v) is 4.19. The molecular formula is C17H22BNO5. The molecule has 3 heterocycles. The summed E-state index contributed by atoms with van der Waals surface area (Å²) in [6, 6.07) is 7.75. The van der Waals surface area contributed by atoms with Gasteiger partial charge in [-0.15, -0.1) is 0 Å². The number of fused-ring (bicyclic) bond motifs is 3. The summed E-state index contributed by atoms with van der Waals surface area (Å²) in [6.07, 6.45) is 3.29. The number of nitrogens with one attached hydrogen (secondary N) is 1. The Bertz CT molecular complexity index is 625. The standard InChI is InChI=1S/C17H22BNO5/c20-17(13-8-11-5-6-15(13)24-11)19-16(18(21)22)7-10-9-23-14-4-2-1-3-12(10)14/h1-4,10-11,13,15-16,21-22H,5-9H2,(H,19,20)/t10-,11-,13-,15+,16+/m0/s1. The molecule has 0 saturated carbocycles. The van der Waals surface area contributed by atoms with E-state index < -0.39 is 13.1 Å². The van der Waals surface area contributed by atoms with Gasteiger partial charge in [0.05, 0.1) is 30.7 Å². The van der Waals surface area contributed by atoms with Crippen LogP contribution in [0.15, 0.2) is 24.3 Å². The van der Waals surface area contributed by atoms with E-state index in [0.717, 1.165) is 30.6 Å². The maximum atomic E-state index is 12.5. The zero-order chi connectivity index (χ0) is 16.7. The predicted octanol–water partition coefficient (Wildman–Crippen LogP) is 0.617. The van der Waals surface area contributed by atoms with Crippen LogP contribution in [0.2, 0.25) is 0 Å². The molecular weight excluding hydrogens is 309 g/mol. The summed E-state index contributed by atoms with van der Waals surface area (Å²) in [6.45, 7) is 0.496. The zero-order valence-electron chi connectivity index (χ0n) is 13.4. The van der Waals surface area contributed by atoms with Crippen molar-refractivity contribution in [3.05, 3.63) is 29.8 Å². The van der Waals surface area contributed by atoms with Crippen LogP contribution in [0.4, 0.5) is 0 Å². The molecule has 1 aromatic rings. The minimum Gasteiger partial charge on any atom is -0.493 e. The van der Waals surface area contributed by atoms with E-state index in [0.29, 0.717) is 13.0 Å². The highest BCUT2D eigenvalue weighted by molar-refractivity contribution is 6.43. The van der Waals surface area contributed by atoms with Crippen molar-refractivity contribution in [3.8, 4) is 5.75 Å². The number of para-hydroxylation sites is 1. The Hall–Kier alpha value is -1.57. The summed E-state index contributed by atoms with van der Waals surface area (Å²) >= 11 is 0. The first-order valence-corrected chi connectivity index (χ1v) is 8.65. The molecule has 0 unspecified atom stereocenters. The summed E-state index contributed by atoms with van der Waals surface area (Å²) in [5, 5.41) is 22.3. The summed E-state index contributed by atoms with van der Waals surface area (Å²) < 4.78 is 11.4. The van der Waals surface area contributed by atoms with E-state index in [4.69, 9.17) is 9.47 Å². The van der Waals surface area contributed by atoms with Gasteiger partial charge in [0.15, 0.2) is 0 Å². The predicted molar refractivity (Wildman–Crippen MR) is 87.4 cm³/mol. The van der Waals surface area contributed by atoms with E-state index in [2.05, 4.69) is 5.32 Å². The van der Waals surface area contributed by atoms with Crippen molar-refractivity contribution in [2.75, 3.05) is 6.61 Å². The van der Waals surface area contributed by atoms with Gasteiger partial charge in [-0.1, -0.05) is 18.2 Å². The molecule has 4 rings (SSSR count). The number of carbonyl (C=O) groups excluding carboxylic acids is 1. The lowest BCUT2D eigenvalue weighted by molar-refractivity contribution is -0.127. The van der Waals surface area contributed by atoms with Crippen LogP contribution in [0.5, 0.6) is 5.75 Å². The number of amides is 1. The maximum Gasteiger partial charge on any atom is 0.475 e. The first-order chi connectivity index (χ1) is 11.6. The molecule has 1 amide bonds. The Morgan fingerprint density at radius 3 is 2.88 bits per heavy atom. The van der Waals surface area contributed by atoms with Crippen molar-refractivity contribution in [2.24, 2.45) is 5.92 Å². The van der Waals surface area contributed by atoms with Gasteiger partial charge in [-0.3, -0.25) is 4.79 Å². The molecule has 2 fully saturated rings. The van der Waals surface area contributed by atoms with Gasteiger partial charge < -0.3 is 24.8 Å². The van der Waals surface area contributed by atoms with Crippen molar-refractivity contribution in [1.29, 1.82) is 0 Å². The Morgan fingerprint density at radius 2 is 2.17 bits per heavy atom. The van der Waals surface area contributed by atoms with E-state index in [9.17, 15) is 14.8 Å². The first-order valence-electron chi connectivity index (χ1n) is 8.65. The molecule has 24 heavy (non-hydrogen) atoms. The SMILES string of the molecule is O=C(N[C@H](C[C@H]1COc2ccccc21)B(O)O)[C@H]1C[C@@H]2CC[C@H]1O2. The number of ether oxygens (including phenoxy) is 2. The van der Waals surface area contributed by atoms with Gasteiger partial charge >= 0.3 is 7.12 Å². The van der Waals surface area contributed by atoms with Crippen molar-refractivity contribution in [1.82, 2.24) is 5.32 Å². The van der Waals surface area contributed by atoms with Gasteiger partial charge in [0, 0.05) is 11.5 Å². The normalized spacial score (nSPS) is 31.4. The summed E-state index contributed by atoms with van der Waals surface area (Å²) in [5.41, 5.74) is 1.06. The Labute approximate surface area is 141 Å². The smallest absolute Gasteiger partial charge is 0.475 e. The quantitative estimate of drug-likeness (QED) is 0.689. The molecule has 2 bridgehead atoms. The van der Waals surface area contributed by atoms with Crippen LogP contribution in [0.1, 0.15) is 37.2 Å². The summed E-state index contributed by atoms with van der Waals surface area (Å²) in [5.74, 6) is -0.132. The fraction of sp³-hybridized carbons (Fsp3) is 0.588. The maximum absolute atomic E-state index is 12.5. The largest absolute Gasteiger partial charge is 0.493 e. The lowest BCUT2D eigenvalue weighted by atomic mass is 9.73. The highest BCUT2D eigenvalue weighted by atomic mass is 16.5. The van der Waals surface area contributed by atoms with Crippen LogP contribution >= 0.6 is 0 Å². The minimum absolute atomic E-state index is 0.0120. The summed E-state index contributed by atoms with van der Waals surface area (Å²) in [7, 11) is -1.60. The van der Waals surface area contributed by atoms with E-state index in [1.54, 1.807) is 0 Å². The Morgan fingerprint density at radius 1 is 1.33 bits per heavy atom. The van der Waals surface area contributed by atoms with E-state index in [1.165, 1.54) is 0 Å². The molecule has 2 saturated heterocycles. The minimum atomic E-state index is -1.60. The van der Waals surface area contributed by atoms with Gasteiger partial charge in [0.25, 0.3) is 0 Å². The topological polar surface area (TPSA) is 88.0 Å². The average molecular weight is 331 g/mol. The lowest BCUT2D eigenvalue weighted by Gasteiger charge is -2.24. The second kappa shape index (κ2) is 6.39. The second-order valence-electron chi connectivity index (χ2n) is 7.03. The lowest BCUT2D eigenvalue weighted by Crippen LogP contribution is -2.50. The number of hydrogen-bond acceptors (Lipinski definition) is 5. The molecule has 0 aliphatic carbocycles. The molecule has 3 N–H and O–H groups in total. The van der Waals surface area contributed by atoms with Gasteiger partial charge in [-0.25, -0.2) is 0 Å². The molecule has 0 radical (unpaired) electrons. The van der Waals surface area contributed by atoms with E-state index in [1.807, 2.05) is 24.3 Å². The third-order valence-electron chi connectivity index (χ3n) is 5.47. The molecule has 1 aromatic carbocycles. The molecule has 0 spiro atoms. The van der Waals surface area contributed by atoms with Crippen molar-refractivity contribution in [2.45, 2.75) is 49.8 Å². The number of carbonyl (C=O) groups is 1.